The number of rotatable bonds is 4. The minimum Gasteiger partial charge on any atom is -0.462 e. The lowest BCUT2D eigenvalue weighted by Gasteiger charge is -2.12. The number of anilines is 1. The monoisotopic (exact) mass is 307 g/mol. The maximum atomic E-state index is 14.5. The fourth-order valence-electron chi connectivity index (χ4n) is 2.44. The Kier molecular flexibility index (Phi) is 4.29. The van der Waals surface area contributed by atoms with Crippen molar-refractivity contribution in [1.82, 2.24) is 0 Å². The van der Waals surface area contributed by atoms with Crippen LogP contribution in [0.5, 0.6) is 5.75 Å². The fourth-order valence-corrected chi connectivity index (χ4v) is 2.44. The van der Waals surface area contributed by atoms with Crippen LogP contribution in [0, 0.1) is 0 Å². The molecule has 3 heteroatoms. The summed E-state index contributed by atoms with van der Waals surface area (Å²) in [5.74, 6) is 0.212. The van der Waals surface area contributed by atoms with Gasteiger partial charge in [0, 0.05) is 25.3 Å². The van der Waals surface area contributed by atoms with Crippen molar-refractivity contribution < 1.29 is 9.13 Å². The molecule has 0 atom stereocenters. The summed E-state index contributed by atoms with van der Waals surface area (Å²) in [5, 5.41) is 1.87. The molecule has 0 N–H and O–H groups in total. The molecule has 0 unspecified atom stereocenters. The second-order valence-corrected chi connectivity index (χ2v) is 5.50. The quantitative estimate of drug-likeness (QED) is 0.610. The topological polar surface area (TPSA) is 12.5 Å². The van der Waals surface area contributed by atoms with Crippen LogP contribution in [0.2, 0.25) is 0 Å². The summed E-state index contributed by atoms with van der Waals surface area (Å²) in [7, 11) is 3.94. The molecule has 0 saturated carbocycles. The van der Waals surface area contributed by atoms with E-state index >= 15 is 0 Å². The normalized spacial score (nSPS) is 11.5. The van der Waals surface area contributed by atoms with Crippen LogP contribution in [0.4, 0.5) is 10.1 Å². The summed E-state index contributed by atoms with van der Waals surface area (Å²) < 4.78 is 19.9. The molecular weight excluding hydrogens is 289 g/mol. The predicted molar refractivity (Wildman–Crippen MR) is 94.4 cm³/mol. The lowest BCUT2D eigenvalue weighted by molar-refractivity contribution is 0.473. The molecule has 3 aromatic rings. The van der Waals surface area contributed by atoms with Crippen molar-refractivity contribution in [3.8, 4) is 5.75 Å². The SMILES string of the molecule is CN(C)c1ccc(O/C=C(\F)c2cccc3ccccc23)cc1. The molecule has 3 rings (SSSR count). The van der Waals surface area contributed by atoms with Crippen molar-refractivity contribution in [2.45, 2.75) is 0 Å². The number of fused-ring (bicyclic) bond motifs is 1. The van der Waals surface area contributed by atoms with E-state index in [4.69, 9.17) is 4.74 Å². The first-order valence-corrected chi connectivity index (χ1v) is 7.43. The van der Waals surface area contributed by atoms with Gasteiger partial charge in [-0.05, 0) is 35.0 Å². The molecule has 0 radical (unpaired) electrons. The molecule has 0 amide bonds. The Morgan fingerprint density at radius 1 is 0.913 bits per heavy atom. The molecule has 0 bridgehead atoms. The predicted octanol–water partition coefficient (Wildman–Crippen LogP) is 5.25. The van der Waals surface area contributed by atoms with Crippen LogP contribution in [0.1, 0.15) is 5.56 Å². The molecule has 0 aromatic heterocycles. The van der Waals surface area contributed by atoms with Gasteiger partial charge in [-0.15, -0.1) is 0 Å². The molecule has 0 fully saturated rings. The smallest absolute Gasteiger partial charge is 0.166 e. The molecule has 0 aliphatic heterocycles. The lowest BCUT2D eigenvalue weighted by atomic mass is 10.0. The number of nitrogens with zero attached hydrogens (tertiary/aromatic N) is 1. The van der Waals surface area contributed by atoms with Crippen molar-refractivity contribution in [3.63, 3.8) is 0 Å². The van der Waals surface area contributed by atoms with Gasteiger partial charge in [0.1, 0.15) is 12.0 Å². The van der Waals surface area contributed by atoms with Gasteiger partial charge in [0.25, 0.3) is 0 Å². The zero-order valence-corrected chi connectivity index (χ0v) is 13.2. The van der Waals surface area contributed by atoms with Crippen molar-refractivity contribution in [2.75, 3.05) is 19.0 Å². The molecule has 0 heterocycles. The first-order chi connectivity index (χ1) is 11.1. The fraction of sp³-hybridized carbons (Fsp3) is 0.100. The molecule has 0 aliphatic carbocycles. The summed E-state index contributed by atoms with van der Waals surface area (Å²) in [6, 6.07) is 20.8. The molecule has 0 aliphatic rings. The number of ether oxygens (including phenoxy) is 1. The van der Waals surface area contributed by atoms with Crippen LogP contribution in [0.15, 0.2) is 73.0 Å². The third-order valence-corrected chi connectivity index (χ3v) is 3.70. The van der Waals surface area contributed by atoms with Gasteiger partial charge in [-0.1, -0.05) is 42.5 Å². The van der Waals surface area contributed by atoms with Gasteiger partial charge in [-0.25, -0.2) is 4.39 Å². The van der Waals surface area contributed by atoms with E-state index in [9.17, 15) is 4.39 Å². The average molecular weight is 307 g/mol. The van der Waals surface area contributed by atoms with E-state index in [0.29, 0.717) is 11.3 Å². The van der Waals surface area contributed by atoms with Crippen molar-refractivity contribution in [1.29, 1.82) is 0 Å². The van der Waals surface area contributed by atoms with Crippen molar-refractivity contribution in [2.24, 2.45) is 0 Å². The summed E-state index contributed by atoms with van der Waals surface area (Å²) in [5.41, 5.74) is 1.60. The third kappa shape index (κ3) is 3.34. The summed E-state index contributed by atoms with van der Waals surface area (Å²) in [6.07, 6.45) is 1.16. The Balaban J connectivity index is 1.84. The Bertz CT molecular complexity index is 832. The molecule has 0 spiro atoms. The average Bonchev–Trinajstić information content (AvgIpc) is 2.59. The Hall–Kier alpha value is -2.81. The zero-order valence-electron chi connectivity index (χ0n) is 13.2. The number of benzene rings is 3. The van der Waals surface area contributed by atoms with Gasteiger partial charge in [0.2, 0.25) is 0 Å². The van der Waals surface area contributed by atoms with E-state index in [1.807, 2.05) is 79.7 Å². The maximum absolute atomic E-state index is 14.5. The van der Waals surface area contributed by atoms with E-state index in [1.54, 1.807) is 6.07 Å². The Labute approximate surface area is 135 Å². The van der Waals surface area contributed by atoms with Crippen LogP contribution >= 0.6 is 0 Å². The number of halogens is 1. The Morgan fingerprint density at radius 2 is 1.61 bits per heavy atom. The highest BCUT2D eigenvalue weighted by Crippen LogP contribution is 2.26. The lowest BCUT2D eigenvalue weighted by Crippen LogP contribution is -2.07. The van der Waals surface area contributed by atoms with Gasteiger partial charge in [-0.3, -0.25) is 0 Å². The van der Waals surface area contributed by atoms with Crippen LogP contribution in [-0.4, -0.2) is 14.1 Å². The van der Waals surface area contributed by atoms with Gasteiger partial charge in [0.15, 0.2) is 5.83 Å². The van der Waals surface area contributed by atoms with E-state index in [2.05, 4.69) is 0 Å². The van der Waals surface area contributed by atoms with Gasteiger partial charge in [0.05, 0.1) is 0 Å². The molecular formula is C20H18FNO. The van der Waals surface area contributed by atoms with Crippen LogP contribution in [0.3, 0.4) is 0 Å². The highest BCUT2D eigenvalue weighted by Gasteiger charge is 2.06. The van der Waals surface area contributed by atoms with Crippen molar-refractivity contribution >= 4 is 22.3 Å². The highest BCUT2D eigenvalue weighted by atomic mass is 19.1. The summed E-state index contributed by atoms with van der Waals surface area (Å²) in [4.78, 5) is 2.00. The van der Waals surface area contributed by atoms with E-state index in [1.165, 1.54) is 0 Å². The van der Waals surface area contributed by atoms with Crippen LogP contribution < -0.4 is 9.64 Å². The molecule has 116 valence electrons. The zero-order chi connectivity index (χ0) is 16.2. The van der Waals surface area contributed by atoms with Crippen LogP contribution in [0.25, 0.3) is 16.6 Å². The molecule has 23 heavy (non-hydrogen) atoms. The first-order valence-electron chi connectivity index (χ1n) is 7.43. The molecule has 0 saturated heterocycles. The van der Waals surface area contributed by atoms with E-state index in [0.717, 1.165) is 22.7 Å². The third-order valence-electron chi connectivity index (χ3n) is 3.70. The largest absolute Gasteiger partial charge is 0.462 e. The van der Waals surface area contributed by atoms with E-state index < -0.39 is 5.83 Å². The first kappa shape index (κ1) is 15.1. The number of hydrogen-bond acceptors (Lipinski definition) is 2. The van der Waals surface area contributed by atoms with Crippen molar-refractivity contribution in [3.05, 3.63) is 78.6 Å². The summed E-state index contributed by atoms with van der Waals surface area (Å²) >= 11 is 0. The Morgan fingerprint density at radius 3 is 2.35 bits per heavy atom. The molecule has 3 aromatic carbocycles. The van der Waals surface area contributed by atoms with Crippen LogP contribution in [-0.2, 0) is 0 Å². The van der Waals surface area contributed by atoms with Gasteiger partial charge >= 0.3 is 0 Å². The van der Waals surface area contributed by atoms with Gasteiger partial charge in [-0.2, -0.15) is 0 Å². The minimum absolute atomic E-state index is 0.390. The van der Waals surface area contributed by atoms with E-state index in [-0.39, 0.29) is 0 Å². The minimum atomic E-state index is -0.390. The second kappa shape index (κ2) is 6.53. The second-order valence-electron chi connectivity index (χ2n) is 5.50. The van der Waals surface area contributed by atoms with Gasteiger partial charge < -0.3 is 9.64 Å². The number of hydrogen-bond donors (Lipinski definition) is 0. The highest BCUT2D eigenvalue weighted by molar-refractivity contribution is 5.92. The maximum Gasteiger partial charge on any atom is 0.166 e. The standard InChI is InChI=1S/C20H18FNO/c1-22(2)16-10-12-17(13-11-16)23-14-20(21)19-9-5-7-15-6-3-4-8-18(15)19/h3-14H,1-2H3/b20-14-. The molecule has 2 nitrogen and oxygen atoms in total. The summed E-state index contributed by atoms with van der Waals surface area (Å²) in [6.45, 7) is 0.